The zero-order valence-corrected chi connectivity index (χ0v) is 7.67. The van der Waals surface area contributed by atoms with Gasteiger partial charge in [0.2, 0.25) is 0 Å². The Morgan fingerprint density at radius 3 is 2.15 bits per heavy atom. The highest BCUT2D eigenvalue weighted by molar-refractivity contribution is 5.85. The van der Waals surface area contributed by atoms with Crippen molar-refractivity contribution >= 4 is 12.4 Å². The monoisotopic (exact) mass is 211 g/mol. The summed E-state index contributed by atoms with van der Waals surface area (Å²) in [4.78, 5) is 0. The smallest absolute Gasteiger partial charge is 0.194 e. The molecule has 0 amide bonds. The van der Waals surface area contributed by atoms with E-state index in [9.17, 15) is 13.2 Å². The summed E-state index contributed by atoms with van der Waals surface area (Å²) < 4.78 is 37.7. The van der Waals surface area contributed by atoms with E-state index in [0.29, 0.717) is 0 Å². The molecule has 0 saturated heterocycles. The highest BCUT2D eigenvalue weighted by Gasteiger charge is 2.14. The van der Waals surface area contributed by atoms with Gasteiger partial charge in [0.1, 0.15) is 0 Å². The molecule has 1 atom stereocenters. The second-order valence-electron chi connectivity index (χ2n) is 2.55. The quantitative estimate of drug-likeness (QED) is 0.710. The van der Waals surface area contributed by atoms with E-state index < -0.39 is 23.5 Å². The molecule has 0 unspecified atom stereocenters. The first kappa shape index (κ1) is 12.3. The van der Waals surface area contributed by atoms with Gasteiger partial charge in [0.15, 0.2) is 17.5 Å². The third-order valence-electron chi connectivity index (χ3n) is 1.56. The summed E-state index contributed by atoms with van der Waals surface area (Å²) in [6.45, 7) is 1.50. The number of nitrogens with two attached hydrogens (primary N) is 1. The van der Waals surface area contributed by atoms with Crippen molar-refractivity contribution in [3.63, 3.8) is 0 Å². The fourth-order valence-corrected chi connectivity index (χ4v) is 0.893. The Balaban J connectivity index is 0.00000144. The van der Waals surface area contributed by atoms with Gasteiger partial charge in [-0.2, -0.15) is 0 Å². The van der Waals surface area contributed by atoms with Crippen molar-refractivity contribution in [2.75, 3.05) is 0 Å². The normalized spacial score (nSPS) is 12.1. The van der Waals surface area contributed by atoms with E-state index in [0.717, 1.165) is 12.1 Å². The van der Waals surface area contributed by atoms with Gasteiger partial charge in [0.25, 0.3) is 0 Å². The average molecular weight is 212 g/mol. The van der Waals surface area contributed by atoms with Gasteiger partial charge in [-0.1, -0.05) is 6.07 Å². The SMILES string of the molecule is C[C@H](N)c1ccc(F)c(F)c1F.Cl. The zero-order chi connectivity index (χ0) is 9.30. The van der Waals surface area contributed by atoms with Gasteiger partial charge in [0.05, 0.1) is 0 Å². The summed E-state index contributed by atoms with van der Waals surface area (Å²) in [5.74, 6) is -3.87. The highest BCUT2D eigenvalue weighted by atomic mass is 35.5. The predicted octanol–water partition coefficient (Wildman–Crippen LogP) is 2.55. The van der Waals surface area contributed by atoms with Gasteiger partial charge < -0.3 is 5.73 Å². The summed E-state index contributed by atoms with van der Waals surface area (Å²) >= 11 is 0. The van der Waals surface area contributed by atoms with E-state index in [4.69, 9.17) is 5.73 Å². The summed E-state index contributed by atoms with van der Waals surface area (Å²) in [5.41, 5.74) is 5.28. The third kappa shape index (κ3) is 2.35. The highest BCUT2D eigenvalue weighted by Crippen LogP contribution is 2.19. The molecule has 1 aromatic carbocycles. The van der Waals surface area contributed by atoms with Crippen molar-refractivity contribution in [2.24, 2.45) is 5.73 Å². The molecule has 0 aliphatic heterocycles. The molecule has 0 heterocycles. The molecule has 0 fully saturated rings. The van der Waals surface area contributed by atoms with E-state index in [1.807, 2.05) is 0 Å². The van der Waals surface area contributed by atoms with Crippen LogP contribution in [0.2, 0.25) is 0 Å². The number of rotatable bonds is 1. The number of halogens is 4. The Labute approximate surface area is 80.2 Å². The van der Waals surface area contributed by atoms with Gasteiger partial charge in [-0.3, -0.25) is 0 Å². The van der Waals surface area contributed by atoms with Gasteiger partial charge in [-0.05, 0) is 13.0 Å². The Hall–Kier alpha value is -0.740. The standard InChI is InChI=1S/C8H8F3N.ClH/c1-4(12)5-2-3-6(9)8(11)7(5)10;/h2-4H,12H2,1H3;1H/t4-;/m0./s1. The van der Waals surface area contributed by atoms with Crippen LogP contribution in [-0.4, -0.2) is 0 Å². The maximum Gasteiger partial charge on any atom is 0.194 e. The van der Waals surface area contributed by atoms with E-state index in [2.05, 4.69) is 0 Å². The van der Waals surface area contributed by atoms with Crippen molar-refractivity contribution < 1.29 is 13.2 Å². The molecule has 0 saturated carbocycles. The molecular weight excluding hydrogens is 203 g/mol. The lowest BCUT2D eigenvalue weighted by atomic mass is 10.1. The van der Waals surface area contributed by atoms with Crippen molar-refractivity contribution in [3.8, 4) is 0 Å². The molecule has 0 aliphatic rings. The largest absolute Gasteiger partial charge is 0.324 e. The maximum absolute atomic E-state index is 12.8. The Bertz CT molecular complexity index is 302. The van der Waals surface area contributed by atoms with Crippen LogP contribution in [0.4, 0.5) is 13.2 Å². The average Bonchev–Trinajstić information content (AvgIpc) is 2.00. The van der Waals surface area contributed by atoms with Crippen molar-refractivity contribution in [3.05, 3.63) is 35.1 Å². The van der Waals surface area contributed by atoms with Crippen LogP contribution in [0.1, 0.15) is 18.5 Å². The topological polar surface area (TPSA) is 26.0 Å². The number of hydrogen-bond donors (Lipinski definition) is 1. The first-order valence-electron chi connectivity index (χ1n) is 3.43. The van der Waals surface area contributed by atoms with E-state index >= 15 is 0 Å². The van der Waals surface area contributed by atoms with Crippen LogP contribution >= 0.6 is 12.4 Å². The van der Waals surface area contributed by atoms with Crippen LogP contribution < -0.4 is 5.73 Å². The molecule has 74 valence electrons. The predicted molar refractivity (Wildman–Crippen MR) is 46.2 cm³/mol. The van der Waals surface area contributed by atoms with E-state index in [-0.39, 0.29) is 18.0 Å². The third-order valence-corrected chi connectivity index (χ3v) is 1.56. The fraction of sp³-hybridized carbons (Fsp3) is 0.250. The molecule has 1 rings (SSSR count). The lowest BCUT2D eigenvalue weighted by Gasteiger charge is -2.07. The molecule has 0 aliphatic carbocycles. The zero-order valence-electron chi connectivity index (χ0n) is 6.85. The van der Waals surface area contributed by atoms with Crippen molar-refractivity contribution in [2.45, 2.75) is 13.0 Å². The molecule has 0 spiro atoms. The first-order chi connectivity index (χ1) is 5.54. The number of hydrogen-bond acceptors (Lipinski definition) is 1. The first-order valence-corrected chi connectivity index (χ1v) is 3.43. The van der Waals surface area contributed by atoms with E-state index in [1.54, 1.807) is 0 Å². The minimum atomic E-state index is -1.47. The molecule has 1 aromatic rings. The molecule has 2 N–H and O–H groups in total. The van der Waals surface area contributed by atoms with Crippen LogP contribution in [-0.2, 0) is 0 Å². The van der Waals surface area contributed by atoms with Crippen LogP contribution in [0.3, 0.4) is 0 Å². The van der Waals surface area contributed by atoms with Crippen LogP contribution in [0.5, 0.6) is 0 Å². The maximum atomic E-state index is 12.8. The minimum absolute atomic E-state index is 0. The lowest BCUT2D eigenvalue weighted by molar-refractivity contribution is 0.437. The van der Waals surface area contributed by atoms with Gasteiger partial charge in [0, 0.05) is 11.6 Å². The Morgan fingerprint density at radius 1 is 1.15 bits per heavy atom. The van der Waals surface area contributed by atoms with Crippen molar-refractivity contribution in [1.29, 1.82) is 0 Å². The molecule has 5 heteroatoms. The summed E-state index contributed by atoms with van der Waals surface area (Å²) in [7, 11) is 0. The minimum Gasteiger partial charge on any atom is -0.324 e. The molecule has 0 radical (unpaired) electrons. The fourth-order valence-electron chi connectivity index (χ4n) is 0.893. The second kappa shape index (κ2) is 4.48. The van der Waals surface area contributed by atoms with Gasteiger partial charge in [-0.25, -0.2) is 13.2 Å². The number of benzene rings is 1. The van der Waals surface area contributed by atoms with Gasteiger partial charge >= 0.3 is 0 Å². The summed E-state index contributed by atoms with van der Waals surface area (Å²) in [6.07, 6.45) is 0. The lowest BCUT2D eigenvalue weighted by Crippen LogP contribution is -2.09. The molecule has 0 aromatic heterocycles. The molecule has 13 heavy (non-hydrogen) atoms. The molecule has 1 nitrogen and oxygen atoms in total. The van der Waals surface area contributed by atoms with Crippen LogP contribution in [0, 0.1) is 17.5 Å². The van der Waals surface area contributed by atoms with Crippen LogP contribution in [0.25, 0.3) is 0 Å². The van der Waals surface area contributed by atoms with Crippen LogP contribution in [0.15, 0.2) is 12.1 Å². The molecular formula is C8H9ClF3N. The molecule has 0 bridgehead atoms. The second-order valence-corrected chi connectivity index (χ2v) is 2.55. The summed E-state index contributed by atoms with van der Waals surface area (Å²) in [6, 6.07) is 1.36. The summed E-state index contributed by atoms with van der Waals surface area (Å²) in [5, 5.41) is 0. The van der Waals surface area contributed by atoms with Gasteiger partial charge in [-0.15, -0.1) is 12.4 Å². The Morgan fingerprint density at radius 2 is 1.69 bits per heavy atom. The van der Waals surface area contributed by atoms with E-state index in [1.165, 1.54) is 6.92 Å². The van der Waals surface area contributed by atoms with Crippen molar-refractivity contribution in [1.82, 2.24) is 0 Å². The Kier molecular flexibility index (Phi) is 4.23.